The van der Waals surface area contributed by atoms with E-state index in [4.69, 9.17) is 0 Å². The lowest BCUT2D eigenvalue weighted by molar-refractivity contribution is 0.583. The number of hydrogen-bond donors (Lipinski definition) is 0. The van der Waals surface area contributed by atoms with Crippen molar-refractivity contribution in [3.8, 4) is 56.4 Å². The molecule has 6 aromatic carbocycles. The largest absolute Gasteiger partial charge is 0.208 e. The zero-order valence-corrected chi connectivity index (χ0v) is 23.0. The molecule has 0 fully saturated rings. The van der Waals surface area contributed by atoms with Crippen LogP contribution in [0, 0.1) is 23.3 Å². The maximum atomic E-state index is 14.0. The van der Waals surface area contributed by atoms with E-state index >= 15 is 0 Å². The molecule has 1 heterocycles. The maximum absolute atomic E-state index is 14.0. The topological polar surface area (TPSA) is 38.7 Å². The fourth-order valence-electron chi connectivity index (χ4n) is 5.16. The number of nitrogens with zero attached hydrogens (tertiary/aromatic N) is 3. The Morgan fingerprint density at radius 1 is 0.295 bits per heavy atom. The van der Waals surface area contributed by atoms with Crippen molar-refractivity contribution >= 4 is 10.8 Å². The highest BCUT2D eigenvalue weighted by Crippen LogP contribution is 2.30. The summed E-state index contributed by atoms with van der Waals surface area (Å²) in [5.74, 6) is -3.14. The van der Waals surface area contributed by atoms with Crippen LogP contribution in [0.4, 0.5) is 17.6 Å². The Bertz CT molecular complexity index is 2050. The lowest BCUT2D eigenvalue weighted by Gasteiger charge is -2.10. The number of hydrogen-bond acceptors (Lipinski definition) is 3. The van der Waals surface area contributed by atoms with E-state index in [1.54, 1.807) is 0 Å². The minimum absolute atomic E-state index is 0.0403. The molecule has 0 atom stereocenters. The molecule has 44 heavy (non-hydrogen) atoms. The van der Waals surface area contributed by atoms with E-state index in [0.717, 1.165) is 58.7 Å². The lowest BCUT2D eigenvalue weighted by Crippen LogP contribution is -2.01. The number of rotatable bonds is 5. The highest BCUT2D eigenvalue weighted by molar-refractivity contribution is 5.87. The van der Waals surface area contributed by atoms with Crippen LogP contribution in [0.15, 0.2) is 127 Å². The van der Waals surface area contributed by atoms with Crippen molar-refractivity contribution in [3.63, 3.8) is 0 Å². The maximum Gasteiger partial charge on any atom is 0.164 e. The molecule has 0 bridgehead atoms. The third-order valence-electron chi connectivity index (χ3n) is 7.32. The molecule has 0 radical (unpaired) electrons. The van der Waals surface area contributed by atoms with Crippen molar-refractivity contribution in [1.29, 1.82) is 0 Å². The summed E-state index contributed by atoms with van der Waals surface area (Å²) < 4.78 is 56.2. The Morgan fingerprint density at radius 2 is 0.659 bits per heavy atom. The van der Waals surface area contributed by atoms with E-state index in [-0.39, 0.29) is 28.6 Å². The molecule has 0 aliphatic rings. The first-order valence-electron chi connectivity index (χ1n) is 13.8. The Morgan fingerprint density at radius 3 is 1.14 bits per heavy atom. The van der Waals surface area contributed by atoms with Crippen LogP contribution in [0.3, 0.4) is 0 Å². The average Bonchev–Trinajstić information content (AvgIpc) is 3.03. The van der Waals surface area contributed by atoms with Gasteiger partial charge < -0.3 is 0 Å². The van der Waals surface area contributed by atoms with E-state index < -0.39 is 23.3 Å². The monoisotopic (exact) mass is 583 g/mol. The molecule has 0 aliphatic carbocycles. The zero-order chi connectivity index (χ0) is 30.2. The minimum atomic E-state index is -0.809. The fraction of sp³-hybridized carbons (Fsp3) is 0. The quantitative estimate of drug-likeness (QED) is 0.189. The lowest BCUT2D eigenvalue weighted by atomic mass is 9.98. The van der Waals surface area contributed by atoms with E-state index in [1.807, 2.05) is 36.4 Å². The molecule has 0 aliphatic heterocycles. The molecule has 7 aromatic rings. The van der Waals surface area contributed by atoms with Gasteiger partial charge in [0.2, 0.25) is 0 Å². The smallest absolute Gasteiger partial charge is 0.164 e. The number of halogens is 4. The minimum Gasteiger partial charge on any atom is -0.208 e. The van der Waals surface area contributed by atoms with E-state index in [2.05, 4.69) is 69.5 Å². The normalized spacial score (nSPS) is 11.2. The first kappa shape index (κ1) is 27.2. The average molecular weight is 584 g/mol. The first-order chi connectivity index (χ1) is 21.4. The summed E-state index contributed by atoms with van der Waals surface area (Å²) in [5.41, 5.74) is 4.89. The summed E-state index contributed by atoms with van der Waals surface area (Å²) in [5, 5.41) is 2.37. The van der Waals surface area contributed by atoms with Gasteiger partial charge in [-0.2, -0.15) is 0 Å². The van der Waals surface area contributed by atoms with Gasteiger partial charge in [-0.1, -0.05) is 84.9 Å². The van der Waals surface area contributed by atoms with Gasteiger partial charge in [-0.15, -0.1) is 0 Å². The summed E-state index contributed by atoms with van der Waals surface area (Å²) in [7, 11) is 0. The highest BCUT2D eigenvalue weighted by atomic mass is 19.1. The molecule has 0 saturated heterocycles. The van der Waals surface area contributed by atoms with Crippen LogP contribution in [0.2, 0.25) is 0 Å². The van der Waals surface area contributed by atoms with Crippen molar-refractivity contribution in [2.45, 2.75) is 0 Å². The number of benzene rings is 6. The summed E-state index contributed by atoms with van der Waals surface area (Å²) in [6.07, 6.45) is 0. The molecule has 0 amide bonds. The summed E-state index contributed by atoms with van der Waals surface area (Å²) >= 11 is 0. The highest BCUT2D eigenvalue weighted by Gasteiger charge is 2.15. The Labute approximate surface area is 250 Å². The van der Waals surface area contributed by atoms with Crippen LogP contribution in [-0.2, 0) is 0 Å². The van der Waals surface area contributed by atoms with Crippen LogP contribution in [-0.4, -0.2) is 15.0 Å². The Kier molecular flexibility index (Phi) is 6.91. The molecular formula is C37H21F4N3. The van der Waals surface area contributed by atoms with E-state index in [0.29, 0.717) is 5.56 Å². The molecule has 3 nitrogen and oxygen atoms in total. The Balaban J connectivity index is 1.23. The van der Waals surface area contributed by atoms with Crippen molar-refractivity contribution < 1.29 is 17.6 Å². The van der Waals surface area contributed by atoms with Gasteiger partial charge in [-0.25, -0.2) is 32.5 Å². The van der Waals surface area contributed by atoms with Gasteiger partial charge in [-0.3, -0.25) is 0 Å². The third-order valence-corrected chi connectivity index (χ3v) is 7.32. The van der Waals surface area contributed by atoms with Gasteiger partial charge in [-0.05, 0) is 63.4 Å². The molecule has 0 N–H and O–H groups in total. The van der Waals surface area contributed by atoms with Crippen LogP contribution in [0.1, 0.15) is 0 Å². The predicted octanol–water partition coefficient (Wildman–Crippen LogP) is 9.92. The van der Waals surface area contributed by atoms with Crippen LogP contribution in [0.5, 0.6) is 0 Å². The SMILES string of the molecule is Fc1cc(F)cc(-c2nc(-c3ccc(-c4ccc(-c5ccc6ccccc6c5)cc4)cc3)nc(-c3cc(F)cc(F)c3)n2)c1. The van der Waals surface area contributed by atoms with Crippen LogP contribution >= 0.6 is 0 Å². The number of aromatic nitrogens is 3. The van der Waals surface area contributed by atoms with Crippen molar-refractivity contribution in [3.05, 3.63) is 151 Å². The van der Waals surface area contributed by atoms with Gasteiger partial charge in [0.25, 0.3) is 0 Å². The summed E-state index contributed by atoms with van der Waals surface area (Å²) in [6, 6.07) is 36.2. The molecular weight excluding hydrogens is 562 g/mol. The van der Waals surface area contributed by atoms with Gasteiger partial charge in [0, 0.05) is 28.8 Å². The van der Waals surface area contributed by atoms with Gasteiger partial charge >= 0.3 is 0 Å². The van der Waals surface area contributed by atoms with Crippen molar-refractivity contribution in [2.24, 2.45) is 0 Å². The van der Waals surface area contributed by atoms with E-state index in [1.165, 1.54) is 10.8 Å². The van der Waals surface area contributed by atoms with Gasteiger partial charge in [0.15, 0.2) is 17.5 Å². The second-order valence-electron chi connectivity index (χ2n) is 10.3. The standard InChI is InChI=1S/C37H21F4N3/c38-31-16-29(17-32(39)20-31)36-42-35(43-37(44-36)30-18-33(40)21-34(41)19-30)26-12-9-24(10-13-26)23-5-7-25(8-6-23)28-14-11-22-3-1-2-4-27(22)15-28/h1-21H. The van der Waals surface area contributed by atoms with Gasteiger partial charge in [0.1, 0.15) is 23.3 Å². The molecule has 7 rings (SSSR count). The molecule has 7 heteroatoms. The molecule has 0 spiro atoms. The van der Waals surface area contributed by atoms with Crippen molar-refractivity contribution in [1.82, 2.24) is 15.0 Å². The Hall–Kier alpha value is -5.69. The molecule has 0 unspecified atom stereocenters. The summed E-state index contributed by atoms with van der Waals surface area (Å²) in [6.45, 7) is 0. The van der Waals surface area contributed by atoms with Crippen LogP contribution in [0.25, 0.3) is 67.2 Å². The second kappa shape index (κ2) is 11.2. The summed E-state index contributed by atoms with van der Waals surface area (Å²) in [4.78, 5) is 13.2. The molecule has 0 saturated carbocycles. The first-order valence-corrected chi connectivity index (χ1v) is 13.8. The third kappa shape index (κ3) is 5.55. The fourth-order valence-corrected chi connectivity index (χ4v) is 5.16. The van der Waals surface area contributed by atoms with Crippen molar-refractivity contribution in [2.75, 3.05) is 0 Å². The number of fused-ring (bicyclic) bond motifs is 1. The van der Waals surface area contributed by atoms with E-state index in [9.17, 15) is 17.6 Å². The zero-order valence-electron chi connectivity index (χ0n) is 23.0. The molecule has 212 valence electrons. The molecule has 1 aromatic heterocycles. The predicted molar refractivity (Wildman–Crippen MR) is 164 cm³/mol. The van der Waals surface area contributed by atoms with Gasteiger partial charge in [0.05, 0.1) is 0 Å². The van der Waals surface area contributed by atoms with Crippen LogP contribution < -0.4 is 0 Å². The second-order valence-corrected chi connectivity index (χ2v) is 10.3.